The first-order valence-electron chi connectivity index (χ1n) is 20.6. The molecule has 0 bridgehead atoms. The van der Waals surface area contributed by atoms with Gasteiger partial charge >= 0.3 is 0 Å². The molecule has 9 rings (SSSR count). The fourth-order valence-corrected chi connectivity index (χ4v) is 10.1. The predicted octanol–water partition coefficient (Wildman–Crippen LogP) is 7.68. The summed E-state index contributed by atoms with van der Waals surface area (Å²) in [4.78, 5) is 42.8. The largest absolute Gasteiger partial charge is 0.455 e. The molecule has 2 amide bonds. The van der Waals surface area contributed by atoms with Crippen LogP contribution < -0.4 is 25.4 Å². The first-order valence-corrected chi connectivity index (χ1v) is 23.0. The van der Waals surface area contributed by atoms with Crippen molar-refractivity contribution < 1.29 is 28.2 Å². The third-order valence-corrected chi connectivity index (χ3v) is 14.1. The van der Waals surface area contributed by atoms with Crippen LogP contribution in [0.5, 0.6) is 11.5 Å². The van der Waals surface area contributed by atoms with E-state index < -0.39 is 16.7 Å². The minimum atomic E-state index is -3.82. The number of nitrogens with two attached hydrogens (primary N) is 1. The van der Waals surface area contributed by atoms with Crippen molar-refractivity contribution in [3.8, 4) is 11.5 Å². The Morgan fingerprint density at radius 3 is 2.57 bits per heavy atom. The first-order chi connectivity index (χ1) is 29.7. The van der Waals surface area contributed by atoms with Gasteiger partial charge in [-0.1, -0.05) is 41.1 Å². The lowest BCUT2D eigenvalue weighted by Crippen LogP contribution is -2.54. The van der Waals surface area contributed by atoms with Crippen LogP contribution in [0, 0.1) is 5.92 Å². The Labute approximate surface area is 360 Å². The molecule has 3 aliphatic rings. The quantitative estimate of drug-likeness (QED) is 0.0665. The van der Waals surface area contributed by atoms with Gasteiger partial charge in [0, 0.05) is 88.4 Å². The molecule has 0 aliphatic carbocycles. The van der Waals surface area contributed by atoms with Gasteiger partial charge in [-0.25, -0.2) is 9.71 Å². The van der Waals surface area contributed by atoms with E-state index in [0.717, 1.165) is 74.6 Å². The summed E-state index contributed by atoms with van der Waals surface area (Å²) >= 11 is 1.48. The van der Waals surface area contributed by atoms with Gasteiger partial charge in [-0.3, -0.25) is 23.6 Å². The fourth-order valence-electron chi connectivity index (χ4n) is 8.43. The first kappa shape index (κ1) is 40.8. The molecule has 0 unspecified atom stereocenters. The van der Waals surface area contributed by atoms with E-state index >= 15 is 0 Å². The van der Waals surface area contributed by atoms with Crippen molar-refractivity contribution in [1.29, 1.82) is 0 Å². The molecule has 3 aromatic heterocycles. The summed E-state index contributed by atoms with van der Waals surface area (Å²) in [5.74, 6) is 0.473. The number of pyridine rings is 1. The Bertz CT molecular complexity index is 2500. The van der Waals surface area contributed by atoms with Gasteiger partial charge in [0.05, 0.1) is 32.9 Å². The maximum absolute atomic E-state index is 14.0. The van der Waals surface area contributed by atoms with Gasteiger partial charge < -0.3 is 35.3 Å². The minimum Gasteiger partial charge on any atom is -0.455 e. The zero-order valence-electron chi connectivity index (χ0n) is 33.7. The second-order valence-corrected chi connectivity index (χ2v) is 18.6. The topological polar surface area (TPSA) is 182 Å². The summed E-state index contributed by atoms with van der Waals surface area (Å²) in [6.45, 7) is 6.55. The van der Waals surface area contributed by atoms with Crippen molar-refractivity contribution in [2.45, 2.75) is 36.7 Å². The second kappa shape index (κ2) is 17.8. The van der Waals surface area contributed by atoms with E-state index in [1.807, 2.05) is 52.7 Å². The van der Waals surface area contributed by atoms with E-state index in [1.165, 1.54) is 28.5 Å². The van der Waals surface area contributed by atoms with Gasteiger partial charge in [0.2, 0.25) is 0 Å². The van der Waals surface area contributed by atoms with Gasteiger partial charge in [-0.05, 0) is 90.2 Å². The minimum absolute atomic E-state index is 0.0420. The monoisotopic (exact) mass is 862 g/mol. The summed E-state index contributed by atoms with van der Waals surface area (Å²) in [5, 5.41) is 6.15. The summed E-state index contributed by atoms with van der Waals surface area (Å²) in [7, 11) is -3.82. The molecule has 0 saturated carbocycles. The van der Waals surface area contributed by atoms with E-state index in [9.17, 15) is 18.7 Å². The molecule has 2 saturated heterocycles. The number of piperazine rings is 1. The lowest BCUT2D eigenvalue weighted by atomic mass is 9.93. The molecular weight excluding hydrogens is 813 g/mol. The van der Waals surface area contributed by atoms with Gasteiger partial charge in [-0.15, -0.1) is 11.3 Å². The maximum atomic E-state index is 14.0. The smallest absolute Gasteiger partial charge is 0.273 e. The Morgan fingerprint density at radius 2 is 1.79 bits per heavy atom. The zero-order valence-corrected chi connectivity index (χ0v) is 35.3. The average molecular weight is 863 g/mol. The SMILES string of the molecule is Nc1cc(S(O)(O)NC(=O)c2ccc(N3CCN(C[C@H]4Cc5ccccc5CN4C(=O)c4cccs4)CC3)cc2Oc2cnc3[nH]ccc3c2)ccc1NCC1CCOCC1. The number of rotatable bonds is 12. The number of H-pyrrole nitrogens is 1. The van der Waals surface area contributed by atoms with E-state index in [1.54, 1.807) is 30.6 Å². The number of thiophene rings is 1. The highest BCUT2D eigenvalue weighted by atomic mass is 32.3. The van der Waals surface area contributed by atoms with Crippen LogP contribution in [0.15, 0.2) is 108 Å². The van der Waals surface area contributed by atoms with Crippen molar-refractivity contribution in [3.63, 3.8) is 0 Å². The van der Waals surface area contributed by atoms with Gasteiger partial charge in [-0.2, -0.15) is 0 Å². The number of benzene rings is 3. The predicted molar refractivity (Wildman–Crippen MR) is 241 cm³/mol. The number of fused-ring (bicyclic) bond motifs is 2. The highest BCUT2D eigenvalue weighted by Crippen LogP contribution is 2.46. The number of anilines is 3. The van der Waals surface area contributed by atoms with Crippen LogP contribution in [0.4, 0.5) is 17.1 Å². The Hall–Kier alpha value is -5.62. The third-order valence-electron chi connectivity index (χ3n) is 11.9. The van der Waals surface area contributed by atoms with Crippen molar-refractivity contribution in [2.24, 2.45) is 5.92 Å². The average Bonchev–Trinajstić information content (AvgIpc) is 3.99. The number of aromatic amines is 1. The molecule has 3 aromatic carbocycles. The van der Waals surface area contributed by atoms with Crippen molar-refractivity contribution in [1.82, 2.24) is 24.5 Å². The summed E-state index contributed by atoms with van der Waals surface area (Å²) in [6, 6.07) is 26.0. The molecule has 1 atom stereocenters. The lowest BCUT2D eigenvalue weighted by Gasteiger charge is -2.42. The number of hydrogen-bond donors (Lipinski definition) is 6. The number of nitrogens with one attached hydrogen (secondary N) is 3. The molecule has 3 aliphatic heterocycles. The standard InChI is InChI=1S/C45H50N8O6S2/c46-39-25-37(8-10-40(39)48-26-30-12-19-58-20-13-30)61(56,57)50-44(54)38-9-7-34(24-41(38)59-36-23-32-11-14-47-43(32)49-27-36)52-17-15-51(16-18-52)29-35-22-31-4-1-2-5-33(31)28-53(35)45(55)42-6-3-21-60-42/h1-11,14,21,23-25,27,30,35,48,56-57H,12-13,15-20,22,26,28-29,46H2,(H,47,49)(H,50,54)/t35-/m1/s1. The highest BCUT2D eigenvalue weighted by Gasteiger charge is 2.33. The van der Waals surface area contributed by atoms with Crippen LogP contribution in [-0.2, 0) is 17.7 Å². The second-order valence-electron chi connectivity index (χ2n) is 15.9. The van der Waals surface area contributed by atoms with Crippen LogP contribution in [-0.4, -0.2) is 99.2 Å². The molecule has 6 aromatic rings. The molecule has 318 valence electrons. The maximum Gasteiger partial charge on any atom is 0.273 e. The zero-order chi connectivity index (χ0) is 41.9. The van der Waals surface area contributed by atoms with Crippen LogP contribution in [0.25, 0.3) is 11.0 Å². The van der Waals surface area contributed by atoms with Gasteiger partial charge in [0.15, 0.2) is 0 Å². The number of nitrogens with zero attached hydrogens (tertiary/aromatic N) is 4. The highest BCUT2D eigenvalue weighted by molar-refractivity contribution is 8.23. The molecule has 0 spiro atoms. The molecular formula is C45H50N8O6S2. The van der Waals surface area contributed by atoms with E-state index in [-0.39, 0.29) is 28.2 Å². The third kappa shape index (κ3) is 9.20. The van der Waals surface area contributed by atoms with Gasteiger partial charge in [0.1, 0.15) is 17.1 Å². The number of nitrogen functional groups attached to an aromatic ring is 1. The Balaban J connectivity index is 0.902. The lowest BCUT2D eigenvalue weighted by molar-refractivity contribution is 0.0581. The molecule has 0 radical (unpaired) electrons. The molecule has 16 heteroatoms. The number of ether oxygens (including phenoxy) is 2. The fraction of sp³-hybridized carbons (Fsp3) is 0.311. The normalized spacial score (nSPS) is 17.8. The number of amides is 2. The van der Waals surface area contributed by atoms with Crippen LogP contribution in [0.2, 0.25) is 0 Å². The van der Waals surface area contributed by atoms with Crippen molar-refractivity contribution in [2.75, 3.05) is 68.4 Å². The number of aromatic nitrogens is 2. The van der Waals surface area contributed by atoms with Crippen LogP contribution >= 0.6 is 22.1 Å². The van der Waals surface area contributed by atoms with Crippen molar-refractivity contribution in [3.05, 3.63) is 124 Å². The summed E-state index contributed by atoms with van der Waals surface area (Å²) in [6.07, 6.45) is 6.11. The summed E-state index contributed by atoms with van der Waals surface area (Å²) < 4.78 is 36.9. The molecule has 2 fully saturated rings. The van der Waals surface area contributed by atoms with Gasteiger partial charge in [0.25, 0.3) is 11.8 Å². The Morgan fingerprint density at radius 1 is 0.967 bits per heavy atom. The van der Waals surface area contributed by atoms with Crippen LogP contribution in [0.3, 0.4) is 0 Å². The molecule has 7 N–H and O–H groups in total. The number of hydrogen-bond acceptors (Lipinski definition) is 12. The number of carbonyl (C=O) groups excluding carboxylic acids is 2. The van der Waals surface area contributed by atoms with E-state index in [2.05, 4.69) is 48.0 Å². The van der Waals surface area contributed by atoms with Crippen LogP contribution in [0.1, 0.15) is 44.0 Å². The van der Waals surface area contributed by atoms with Crippen molar-refractivity contribution >= 4 is 62.0 Å². The Kier molecular flexibility index (Phi) is 11.9. The van der Waals surface area contributed by atoms with E-state index in [0.29, 0.717) is 48.3 Å². The summed E-state index contributed by atoms with van der Waals surface area (Å²) in [5.41, 5.74) is 11.5. The molecule has 14 nitrogen and oxygen atoms in total. The van der Waals surface area contributed by atoms with E-state index in [4.69, 9.17) is 15.2 Å². The molecule has 6 heterocycles. The number of carbonyl (C=O) groups is 2. The molecule has 61 heavy (non-hydrogen) atoms.